The van der Waals surface area contributed by atoms with Gasteiger partial charge in [-0.3, -0.25) is 4.99 Å². The van der Waals surface area contributed by atoms with Gasteiger partial charge in [0.2, 0.25) is 5.82 Å². The predicted octanol–water partition coefficient (Wildman–Crippen LogP) is 8.02. The van der Waals surface area contributed by atoms with Crippen molar-refractivity contribution in [1.82, 2.24) is 31.0 Å². The first kappa shape index (κ1) is 41.5. The normalized spacial score (nSPS) is 20.1. The van der Waals surface area contributed by atoms with E-state index in [2.05, 4.69) is 81.3 Å². The van der Waals surface area contributed by atoms with Gasteiger partial charge in [-0.2, -0.15) is 0 Å². The number of dihydropyridines is 1. The Balaban J connectivity index is 0.000000230. The molecule has 54 heavy (non-hydrogen) atoms. The fraction of sp³-hybridized carbons (Fsp3) is 0.476. The summed E-state index contributed by atoms with van der Waals surface area (Å²) in [5, 5.41) is 20.6. The van der Waals surface area contributed by atoms with Crippen molar-refractivity contribution in [3.63, 3.8) is 0 Å². The van der Waals surface area contributed by atoms with Crippen LogP contribution in [0, 0.1) is 26.7 Å². The molecule has 0 saturated heterocycles. The number of aromatic nitrogens is 4. The summed E-state index contributed by atoms with van der Waals surface area (Å²) < 4.78 is 16.2. The van der Waals surface area contributed by atoms with Gasteiger partial charge in [0.25, 0.3) is 0 Å². The second-order valence-electron chi connectivity index (χ2n) is 13.6. The lowest BCUT2D eigenvalue weighted by atomic mass is 9.77. The van der Waals surface area contributed by atoms with Crippen LogP contribution >= 0.6 is 0 Å². The Hall–Kier alpha value is -5.26. The number of nitrogens with zero attached hydrogens (tertiary/aromatic N) is 5. The summed E-state index contributed by atoms with van der Waals surface area (Å²) in [4.78, 5) is 35.8. The molecule has 6 rings (SSSR count). The number of nitrogens with one attached hydrogen (secondary N) is 2. The second kappa shape index (κ2) is 23.4. The topological polar surface area (TPSA) is 158 Å². The molecular formula is C42H57N7O5. The lowest BCUT2D eigenvalue weighted by Gasteiger charge is -2.32. The highest BCUT2D eigenvalue weighted by Gasteiger charge is 2.30. The van der Waals surface area contributed by atoms with E-state index >= 15 is 0 Å². The highest BCUT2D eigenvalue weighted by Crippen LogP contribution is 2.36. The molecule has 2 amide bonds. The lowest BCUT2D eigenvalue weighted by Crippen LogP contribution is -2.30. The predicted molar refractivity (Wildman–Crippen MR) is 212 cm³/mol. The second-order valence-corrected chi connectivity index (χ2v) is 13.6. The summed E-state index contributed by atoms with van der Waals surface area (Å²) in [6.07, 6.45) is 14.0. The molecular weight excluding hydrogens is 683 g/mol. The molecule has 2 aliphatic carbocycles. The number of aryl methyl sites for hydroxylation is 3. The average Bonchev–Trinajstić information content (AvgIpc) is 3.16. The molecule has 3 atom stereocenters. The first-order valence-electron chi connectivity index (χ1n) is 19.3. The van der Waals surface area contributed by atoms with Gasteiger partial charge < -0.3 is 24.9 Å². The number of ether oxygens (including phenoxy) is 2. The zero-order valence-corrected chi connectivity index (χ0v) is 32.6. The van der Waals surface area contributed by atoms with Crippen LogP contribution in [0.4, 0.5) is 9.59 Å². The Bertz CT molecular complexity index is 1680. The summed E-state index contributed by atoms with van der Waals surface area (Å²) in [6.45, 7) is 8.91. The van der Waals surface area contributed by atoms with Crippen molar-refractivity contribution in [3.8, 4) is 11.4 Å². The fourth-order valence-corrected chi connectivity index (χ4v) is 6.48. The molecule has 290 valence electrons. The number of aliphatic imine (C=N–C) groups is 1. The van der Waals surface area contributed by atoms with Crippen molar-refractivity contribution in [1.29, 1.82) is 0 Å². The van der Waals surface area contributed by atoms with Gasteiger partial charge in [-0.15, -0.1) is 20.4 Å². The molecule has 2 N–H and O–H groups in total. The van der Waals surface area contributed by atoms with Crippen LogP contribution in [0.1, 0.15) is 95.0 Å². The number of carbonyl (C=O) groups excluding carboxylic acids is 3. The van der Waals surface area contributed by atoms with Crippen LogP contribution in [-0.4, -0.2) is 77.9 Å². The van der Waals surface area contributed by atoms with Gasteiger partial charge in [-0.25, -0.2) is 9.59 Å². The SMILES string of the molecule is CNC(=O)OC1CC/C=C/CCC1.CNC(=O)OC1CCCC2C(c3ccc(C)cc3)=NCC(C)=C2CC1.Cc1ccc(-c2nnc(C)nn2)cc1.[3H]C=O. The molecule has 12 heteroatoms. The minimum absolute atomic E-state index is 0. The molecule has 2 aromatic carbocycles. The molecule has 1 aromatic heterocycles. The standard InChI is InChI=1S/C21H28N2O2.C10H10N4.C10H17NO2.CH2O/c1-14-7-9-16(10-8-14)20-19-6-4-5-17(25-21(24)22-3)11-12-18(19)15(2)13-23-20;1-7-3-5-9(6-4-7)10-13-11-8(2)12-14-10;1-11-10(12)13-9-7-5-3-2-4-6-8-9;1-2/h7-10,17,19H,4-6,11-13H2,1-3H3,(H,22,24);3-6H,1-2H3;2-3,9H,4-8H2,1H3,(H,11,12);1H2/b;;3-2+;/i;;;1T. The molecule has 2 heterocycles. The monoisotopic (exact) mass is 741 g/mol. The molecule has 3 aliphatic rings. The first-order valence-corrected chi connectivity index (χ1v) is 18.7. The van der Waals surface area contributed by atoms with Gasteiger partial charge in [0.1, 0.15) is 20.3 Å². The number of hydrogen-bond acceptors (Lipinski definition) is 10. The van der Waals surface area contributed by atoms with Crippen molar-refractivity contribution >= 4 is 24.7 Å². The van der Waals surface area contributed by atoms with Crippen LogP contribution in [0.2, 0.25) is 0 Å². The van der Waals surface area contributed by atoms with E-state index < -0.39 is 0 Å². The smallest absolute Gasteiger partial charge is 0.407 e. The quantitative estimate of drug-likeness (QED) is 0.253. The zero-order chi connectivity index (χ0) is 40.0. The largest absolute Gasteiger partial charge is 0.446 e. The molecule has 3 unspecified atom stereocenters. The van der Waals surface area contributed by atoms with Crippen LogP contribution in [0.3, 0.4) is 0 Å². The fourth-order valence-electron chi connectivity index (χ4n) is 6.48. The van der Waals surface area contributed by atoms with Gasteiger partial charge in [0.15, 0.2) is 5.82 Å². The highest BCUT2D eigenvalue weighted by molar-refractivity contribution is 6.04. The van der Waals surface area contributed by atoms with E-state index in [9.17, 15) is 9.59 Å². The average molecular weight is 742 g/mol. The summed E-state index contributed by atoms with van der Waals surface area (Å²) in [5.41, 5.74) is 8.82. The van der Waals surface area contributed by atoms with Gasteiger partial charge in [0, 0.05) is 31.3 Å². The molecule has 1 saturated carbocycles. The summed E-state index contributed by atoms with van der Waals surface area (Å²) in [6, 6.07) is 16.7. The van der Waals surface area contributed by atoms with Crippen LogP contribution in [-0.2, 0) is 14.3 Å². The number of fused-ring (bicyclic) bond motifs is 1. The maximum absolute atomic E-state index is 11.5. The third-order valence-corrected chi connectivity index (χ3v) is 9.45. The van der Waals surface area contributed by atoms with Gasteiger partial charge >= 0.3 is 12.2 Å². The summed E-state index contributed by atoms with van der Waals surface area (Å²) in [7, 11) is 3.20. The molecule has 12 nitrogen and oxygen atoms in total. The minimum Gasteiger partial charge on any atom is -0.446 e. The zero-order valence-electron chi connectivity index (χ0n) is 33.6. The van der Waals surface area contributed by atoms with Gasteiger partial charge in [0.05, 0.1) is 6.54 Å². The number of amides is 2. The van der Waals surface area contributed by atoms with Crippen LogP contribution in [0.15, 0.2) is 76.8 Å². The van der Waals surface area contributed by atoms with Crippen LogP contribution in [0.5, 0.6) is 0 Å². The minimum atomic E-state index is -0.321. The Kier molecular flexibility index (Phi) is 18.0. The molecule has 1 fully saturated rings. The Labute approximate surface area is 321 Å². The number of carbonyl (C=O) groups is 3. The van der Waals surface area contributed by atoms with Crippen molar-refractivity contribution in [2.45, 2.75) is 104 Å². The van der Waals surface area contributed by atoms with E-state index in [0.29, 0.717) is 17.6 Å². The molecule has 0 radical (unpaired) electrons. The number of hydrogen-bond donors (Lipinski definition) is 2. The molecule has 0 spiro atoms. The van der Waals surface area contributed by atoms with Crippen molar-refractivity contribution in [2.75, 3.05) is 20.6 Å². The number of benzene rings is 2. The van der Waals surface area contributed by atoms with Gasteiger partial charge in [-0.05, 0) is 97.5 Å². The van der Waals surface area contributed by atoms with E-state index in [4.69, 9.17) is 20.6 Å². The maximum atomic E-state index is 11.5. The third-order valence-electron chi connectivity index (χ3n) is 9.45. The number of allylic oxidation sites excluding steroid dienone is 3. The lowest BCUT2D eigenvalue weighted by molar-refractivity contribution is -0.0980. The van der Waals surface area contributed by atoms with Crippen molar-refractivity contribution in [3.05, 3.63) is 94.3 Å². The number of alkyl carbamates (subject to hydrolysis) is 2. The van der Waals surface area contributed by atoms with Crippen molar-refractivity contribution in [2.24, 2.45) is 10.9 Å². The summed E-state index contributed by atoms with van der Waals surface area (Å²) in [5.74, 6) is 1.56. The van der Waals surface area contributed by atoms with E-state index in [0.717, 1.165) is 76.3 Å². The van der Waals surface area contributed by atoms with Gasteiger partial charge in [-0.1, -0.05) is 83.0 Å². The van der Waals surface area contributed by atoms with Crippen LogP contribution in [0.25, 0.3) is 11.4 Å². The Morgan fingerprint density at radius 3 is 1.85 bits per heavy atom. The van der Waals surface area contributed by atoms with E-state index in [1.54, 1.807) is 21.0 Å². The van der Waals surface area contributed by atoms with E-state index in [-0.39, 0.29) is 31.2 Å². The molecule has 1 aliphatic heterocycles. The van der Waals surface area contributed by atoms with Crippen molar-refractivity contribution < 1.29 is 25.2 Å². The number of rotatable bonds is 4. The molecule has 3 aromatic rings. The highest BCUT2D eigenvalue weighted by atomic mass is 16.6. The first-order chi connectivity index (χ1) is 26.6. The Morgan fingerprint density at radius 1 is 0.722 bits per heavy atom. The van der Waals surface area contributed by atoms with Crippen LogP contribution < -0.4 is 10.6 Å². The summed E-state index contributed by atoms with van der Waals surface area (Å²) >= 11 is 0. The maximum Gasteiger partial charge on any atom is 0.407 e. The van der Waals surface area contributed by atoms with E-state index in [1.807, 2.05) is 31.2 Å². The molecule has 0 bridgehead atoms. The third kappa shape index (κ3) is 14.3. The Morgan fingerprint density at radius 2 is 1.26 bits per heavy atom. The van der Waals surface area contributed by atoms with E-state index in [1.165, 1.54) is 33.5 Å².